The molecule has 158 valence electrons. The highest BCUT2D eigenvalue weighted by Crippen LogP contribution is 2.26. The van der Waals surface area contributed by atoms with E-state index in [1.54, 1.807) is 16.7 Å². The fraction of sp³-hybridized carbons (Fsp3) is 0.333. The largest absolute Gasteiger partial charge is 0.461 e. The summed E-state index contributed by atoms with van der Waals surface area (Å²) in [4.78, 5) is 23.6. The third-order valence-electron chi connectivity index (χ3n) is 4.41. The van der Waals surface area contributed by atoms with E-state index in [0.29, 0.717) is 23.3 Å². The number of rotatable bonds is 8. The number of primary amides is 1. The maximum absolute atomic E-state index is 12.4. The molecule has 3 N–H and O–H groups in total. The molecule has 0 atom stereocenters. The molecule has 8 nitrogen and oxygen atoms in total. The van der Waals surface area contributed by atoms with Gasteiger partial charge in [-0.15, -0.1) is 10.2 Å². The molecule has 3 rings (SSSR count). The molecule has 0 bridgehead atoms. The highest BCUT2D eigenvalue weighted by Gasteiger charge is 2.18. The lowest BCUT2D eigenvalue weighted by molar-refractivity contribution is -0.118. The van der Waals surface area contributed by atoms with E-state index in [2.05, 4.69) is 36.3 Å². The van der Waals surface area contributed by atoms with Crippen molar-refractivity contribution in [2.45, 2.75) is 44.3 Å². The molecular weight excluding hydrogens is 402 g/mol. The second kappa shape index (κ2) is 9.17. The van der Waals surface area contributed by atoms with Gasteiger partial charge in [0.05, 0.1) is 12.0 Å². The fourth-order valence-corrected chi connectivity index (χ4v) is 3.55. The standard InChI is InChI=1S/C21H25N5O3S/c1-21(2,3)14-6-8-15(9-7-14)23-18(28)13-30-20-25-24-19(16-5-4-12-29-16)26(20)11-10-17(22)27/h4-9,12H,10-11,13H2,1-3H3,(H2,22,27)(H,23,28). The number of anilines is 1. The minimum Gasteiger partial charge on any atom is -0.461 e. The van der Waals surface area contributed by atoms with Gasteiger partial charge in [0.1, 0.15) is 0 Å². The first-order valence-corrected chi connectivity index (χ1v) is 10.5. The van der Waals surface area contributed by atoms with Gasteiger partial charge in [0, 0.05) is 18.7 Å². The van der Waals surface area contributed by atoms with Crippen LogP contribution >= 0.6 is 11.8 Å². The predicted octanol–water partition coefficient (Wildman–Crippen LogP) is 3.44. The number of hydrogen-bond donors (Lipinski definition) is 2. The molecule has 2 aromatic heterocycles. The number of aromatic nitrogens is 3. The molecule has 0 fully saturated rings. The second-order valence-corrected chi connectivity index (χ2v) is 8.76. The zero-order chi connectivity index (χ0) is 21.7. The number of nitrogens with one attached hydrogen (secondary N) is 1. The van der Waals surface area contributed by atoms with Crippen LogP contribution in [0.25, 0.3) is 11.6 Å². The van der Waals surface area contributed by atoms with Gasteiger partial charge in [-0.1, -0.05) is 44.7 Å². The summed E-state index contributed by atoms with van der Waals surface area (Å²) in [6.45, 7) is 6.73. The summed E-state index contributed by atoms with van der Waals surface area (Å²) in [5.41, 5.74) is 7.27. The molecule has 0 unspecified atom stereocenters. The summed E-state index contributed by atoms with van der Waals surface area (Å²) in [6.07, 6.45) is 1.67. The van der Waals surface area contributed by atoms with Crippen LogP contribution < -0.4 is 11.1 Å². The molecular formula is C21H25N5O3S. The maximum Gasteiger partial charge on any atom is 0.234 e. The van der Waals surface area contributed by atoms with Crippen molar-refractivity contribution >= 4 is 29.3 Å². The number of nitrogens with zero attached hydrogens (tertiary/aromatic N) is 3. The van der Waals surface area contributed by atoms with E-state index in [1.165, 1.54) is 23.6 Å². The number of thioether (sulfide) groups is 1. The van der Waals surface area contributed by atoms with Gasteiger partial charge in [-0.25, -0.2) is 0 Å². The van der Waals surface area contributed by atoms with Crippen LogP contribution in [0.1, 0.15) is 32.8 Å². The summed E-state index contributed by atoms with van der Waals surface area (Å²) in [6, 6.07) is 11.3. The molecule has 0 aliphatic carbocycles. The Morgan fingerprint density at radius 2 is 1.90 bits per heavy atom. The maximum atomic E-state index is 12.4. The highest BCUT2D eigenvalue weighted by molar-refractivity contribution is 7.99. The third-order valence-corrected chi connectivity index (χ3v) is 5.37. The van der Waals surface area contributed by atoms with Crippen LogP contribution in [0.2, 0.25) is 0 Å². The van der Waals surface area contributed by atoms with Crippen LogP contribution in [0.5, 0.6) is 0 Å². The molecule has 2 amide bonds. The van der Waals surface area contributed by atoms with Gasteiger partial charge in [-0.05, 0) is 35.2 Å². The molecule has 0 saturated heterocycles. The van der Waals surface area contributed by atoms with E-state index in [0.717, 1.165) is 5.69 Å². The Kier molecular flexibility index (Phi) is 6.61. The number of benzene rings is 1. The Hall–Kier alpha value is -3.07. The van der Waals surface area contributed by atoms with Crippen molar-refractivity contribution in [3.05, 3.63) is 48.2 Å². The van der Waals surface area contributed by atoms with Crippen LogP contribution in [0.3, 0.4) is 0 Å². The van der Waals surface area contributed by atoms with Gasteiger partial charge >= 0.3 is 0 Å². The minimum atomic E-state index is -0.429. The van der Waals surface area contributed by atoms with Gasteiger partial charge in [-0.2, -0.15) is 0 Å². The van der Waals surface area contributed by atoms with Gasteiger partial charge in [0.15, 0.2) is 16.7 Å². The van der Waals surface area contributed by atoms with Crippen molar-refractivity contribution in [2.24, 2.45) is 5.73 Å². The first kappa shape index (κ1) is 21.6. The van der Waals surface area contributed by atoms with E-state index in [9.17, 15) is 9.59 Å². The Morgan fingerprint density at radius 1 is 1.17 bits per heavy atom. The smallest absolute Gasteiger partial charge is 0.234 e. The Balaban J connectivity index is 1.66. The van der Waals surface area contributed by atoms with E-state index in [-0.39, 0.29) is 23.5 Å². The monoisotopic (exact) mass is 427 g/mol. The lowest BCUT2D eigenvalue weighted by Gasteiger charge is -2.19. The highest BCUT2D eigenvalue weighted by atomic mass is 32.2. The van der Waals surface area contributed by atoms with Crippen molar-refractivity contribution in [2.75, 3.05) is 11.1 Å². The topological polar surface area (TPSA) is 116 Å². The average molecular weight is 428 g/mol. The SMILES string of the molecule is CC(C)(C)c1ccc(NC(=O)CSc2nnc(-c3ccco3)n2CCC(N)=O)cc1. The normalized spacial score (nSPS) is 11.4. The van der Waals surface area contributed by atoms with Crippen LogP contribution in [0, 0.1) is 0 Å². The number of furan rings is 1. The molecule has 3 aromatic rings. The molecule has 0 spiro atoms. The summed E-state index contributed by atoms with van der Waals surface area (Å²) in [5, 5.41) is 11.7. The van der Waals surface area contributed by atoms with Crippen molar-refractivity contribution in [1.29, 1.82) is 0 Å². The molecule has 30 heavy (non-hydrogen) atoms. The van der Waals surface area contributed by atoms with Crippen molar-refractivity contribution < 1.29 is 14.0 Å². The van der Waals surface area contributed by atoms with Crippen molar-refractivity contribution in [1.82, 2.24) is 14.8 Å². The second-order valence-electron chi connectivity index (χ2n) is 7.82. The lowest BCUT2D eigenvalue weighted by atomic mass is 9.87. The number of carbonyl (C=O) groups is 2. The van der Waals surface area contributed by atoms with Crippen LogP contribution in [0.15, 0.2) is 52.2 Å². The van der Waals surface area contributed by atoms with Crippen LogP contribution in [-0.4, -0.2) is 32.3 Å². The predicted molar refractivity (Wildman–Crippen MR) is 116 cm³/mol. The Bertz CT molecular complexity index is 1000. The van der Waals surface area contributed by atoms with E-state index in [4.69, 9.17) is 10.2 Å². The number of carbonyl (C=O) groups excluding carboxylic acids is 2. The van der Waals surface area contributed by atoms with Crippen molar-refractivity contribution in [3.8, 4) is 11.6 Å². The van der Waals surface area contributed by atoms with Gasteiger partial charge in [0.2, 0.25) is 11.8 Å². The Morgan fingerprint density at radius 3 is 2.50 bits per heavy atom. The lowest BCUT2D eigenvalue weighted by Crippen LogP contribution is -2.17. The quantitative estimate of drug-likeness (QED) is 0.532. The third kappa shape index (κ3) is 5.50. The van der Waals surface area contributed by atoms with E-state index in [1.807, 2.05) is 24.3 Å². The Labute approximate surface area is 179 Å². The molecule has 0 radical (unpaired) electrons. The average Bonchev–Trinajstić information content (AvgIpc) is 3.34. The minimum absolute atomic E-state index is 0.0546. The molecule has 2 heterocycles. The molecule has 0 aliphatic heterocycles. The first-order valence-electron chi connectivity index (χ1n) is 9.52. The summed E-state index contributed by atoms with van der Waals surface area (Å²) in [5.74, 6) is 0.576. The number of amides is 2. The summed E-state index contributed by atoms with van der Waals surface area (Å²) in [7, 11) is 0. The van der Waals surface area contributed by atoms with E-state index >= 15 is 0 Å². The molecule has 0 saturated carbocycles. The number of nitrogens with two attached hydrogens (primary N) is 1. The molecule has 1 aromatic carbocycles. The van der Waals surface area contributed by atoms with Crippen LogP contribution in [0.4, 0.5) is 5.69 Å². The fourth-order valence-electron chi connectivity index (χ4n) is 2.79. The van der Waals surface area contributed by atoms with Gasteiger partial charge in [0.25, 0.3) is 0 Å². The summed E-state index contributed by atoms with van der Waals surface area (Å²) < 4.78 is 7.13. The van der Waals surface area contributed by atoms with Crippen molar-refractivity contribution in [3.63, 3.8) is 0 Å². The first-order chi connectivity index (χ1) is 14.2. The van der Waals surface area contributed by atoms with Crippen LogP contribution in [-0.2, 0) is 21.5 Å². The number of hydrogen-bond acceptors (Lipinski definition) is 6. The molecule has 9 heteroatoms. The van der Waals surface area contributed by atoms with Gasteiger partial charge in [-0.3, -0.25) is 14.2 Å². The van der Waals surface area contributed by atoms with Gasteiger partial charge < -0.3 is 15.5 Å². The summed E-state index contributed by atoms with van der Waals surface area (Å²) >= 11 is 1.24. The zero-order valence-electron chi connectivity index (χ0n) is 17.2. The zero-order valence-corrected chi connectivity index (χ0v) is 18.0. The van der Waals surface area contributed by atoms with E-state index < -0.39 is 5.91 Å². The molecule has 0 aliphatic rings.